The van der Waals surface area contributed by atoms with Crippen LogP contribution < -0.4 is 0 Å². The monoisotopic (exact) mass is 223 g/mol. The van der Waals surface area contributed by atoms with Crippen molar-refractivity contribution in [2.75, 3.05) is 0 Å². The summed E-state index contributed by atoms with van der Waals surface area (Å²) < 4.78 is 27.2. The molecule has 0 aliphatic rings. The summed E-state index contributed by atoms with van der Waals surface area (Å²) in [5, 5.41) is 8.44. The van der Waals surface area contributed by atoms with Crippen LogP contribution in [0.1, 0.15) is 37.3 Å². The van der Waals surface area contributed by atoms with Crippen molar-refractivity contribution in [2.45, 2.75) is 38.5 Å². The molecule has 1 aromatic rings. The summed E-state index contributed by atoms with van der Waals surface area (Å²) in [4.78, 5) is 0. The van der Waals surface area contributed by atoms with E-state index in [4.69, 9.17) is 5.26 Å². The average Bonchev–Trinajstić information content (AvgIpc) is 2.27. The van der Waals surface area contributed by atoms with Gasteiger partial charge in [0.15, 0.2) is 0 Å². The molecule has 16 heavy (non-hydrogen) atoms. The summed E-state index contributed by atoms with van der Waals surface area (Å²) in [6.07, 6.45) is 1.22. The molecule has 0 radical (unpaired) electrons. The average molecular weight is 223 g/mol. The van der Waals surface area contributed by atoms with Crippen LogP contribution in [0, 0.1) is 11.3 Å². The van der Waals surface area contributed by atoms with Crippen molar-refractivity contribution in [3.63, 3.8) is 0 Å². The Bertz CT molecular complexity index is 380. The number of hydrogen-bond donors (Lipinski definition) is 0. The Balaban J connectivity index is 2.85. The van der Waals surface area contributed by atoms with E-state index in [1.807, 2.05) is 6.07 Å². The number of aryl methyl sites for hydroxylation is 1. The van der Waals surface area contributed by atoms with Gasteiger partial charge in [-0.15, -0.1) is 0 Å². The molecule has 0 heterocycles. The number of benzene rings is 1. The van der Waals surface area contributed by atoms with Gasteiger partial charge in [0, 0.05) is 18.4 Å². The lowest BCUT2D eigenvalue weighted by Crippen LogP contribution is -2.12. The molecular weight excluding hydrogens is 208 g/mol. The maximum Gasteiger partial charge on any atom is 0.273 e. The molecular formula is C13H15F2N. The number of nitriles is 1. The van der Waals surface area contributed by atoms with Crippen LogP contribution in [0.15, 0.2) is 24.3 Å². The van der Waals surface area contributed by atoms with Gasteiger partial charge in [-0.25, -0.2) is 8.78 Å². The number of rotatable bonds is 5. The summed E-state index contributed by atoms with van der Waals surface area (Å²) in [5.41, 5.74) is 0.861. The van der Waals surface area contributed by atoms with Crippen molar-refractivity contribution >= 4 is 0 Å². The van der Waals surface area contributed by atoms with Crippen LogP contribution in [0.5, 0.6) is 0 Å². The standard InChI is InChI=1S/C13H15F2N/c1-2-8-13(14,15)12-7-3-5-11(10-12)6-4-9-16/h3,5,7,10H,2,4,6,8H2,1H3. The fraction of sp³-hybridized carbons (Fsp3) is 0.462. The zero-order chi connectivity index (χ0) is 12.0. The molecule has 0 unspecified atom stereocenters. The van der Waals surface area contributed by atoms with E-state index in [0.29, 0.717) is 19.3 Å². The van der Waals surface area contributed by atoms with Gasteiger partial charge in [0.1, 0.15) is 0 Å². The number of hydrogen-bond acceptors (Lipinski definition) is 1. The molecule has 0 spiro atoms. The predicted molar refractivity (Wildman–Crippen MR) is 59.2 cm³/mol. The van der Waals surface area contributed by atoms with Crippen LogP contribution in [-0.4, -0.2) is 0 Å². The molecule has 0 amide bonds. The summed E-state index contributed by atoms with van der Waals surface area (Å²) in [6, 6.07) is 8.38. The topological polar surface area (TPSA) is 23.8 Å². The molecule has 0 N–H and O–H groups in total. The van der Waals surface area contributed by atoms with E-state index in [9.17, 15) is 8.78 Å². The van der Waals surface area contributed by atoms with Crippen molar-refractivity contribution in [3.05, 3.63) is 35.4 Å². The van der Waals surface area contributed by atoms with E-state index in [-0.39, 0.29) is 12.0 Å². The van der Waals surface area contributed by atoms with Crippen molar-refractivity contribution in [1.82, 2.24) is 0 Å². The van der Waals surface area contributed by atoms with E-state index >= 15 is 0 Å². The molecule has 0 atom stereocenters. The molecule has 0 aliphatic carbocycles. The molecule has 0 saturated carbocycles. The lowest BCUT2D eigenvalue weighted by Gasteiger charge is -2.16. The second-order valence-electron chi connectivity index (χ2n) is 3.81. The van der Waals surface area contributed by atoms with Crippen LogP contribution in [-0.2, 0) is 12.3 Å². The van der Waals surface area contributed by atoms with E-state index in [2.05, 4.69) is 0 Å². The van der Waals surface area contributed by atoms with Gasteiger partial charge < -0.3 is 0 Å². The second-order valence-corrected chi connectivity index (χ2v) is 3.81. The normalized spacial score (nSPS) is 11.1. The molecule has 1 aromatic carbocycles. The van der Waals surface area contributed by atoms with E-state index in [1.54, 1.807) is 19.1 Å². The number of nitrogens with zero attached hydrogens (tertiary/aromatic N) is 1. The molecule has 3 heteroatoms. The zero-order valence-corrected chi connectivity index (χ0v) is 9.34. The van der Waals surface area contributed by atoms with Crippen LogP contribution in [0.2, 0.25) is 0 Å². The van der Waals surface area contributed by atoms with Gasteiger partial charge in [0.25, 0.3) is 5.92 Å². The fourth-order valence-corrected chi connectivity index (χ4v) is 1.61. The Hall–Kier alpha value is -1.43. The van der Waals surface area contributed by atoms with Crippen molar-refractivity contribution in [3.8, 4) is 6.07 Å². The van der Waals surface area contributed by atoms with E-state index in [0.717, 1.165) is 5.56 Å². The minimum Gasteiger partial charge on any atom is -0.201 e. The maximum absolute atomic E-state index is 13.6. The highest BCUT2D eigenvalue weighted by atomic mass is 19.3. The molecule has 0 saturated heterocycles. The molecule has 1 nitrogen and oxygen atoms in total. The molecule has 86 valence electrons. The summed E-state index contributed by atoms with van der Waals surface area (Å²) >= 11 is 0. The minimum absolute atomic E-state index is 0.0600. The van der Waals surface area contributed by atoms with Crippen LogP contribution >= 0.6 is 0 Å². The zero-order valence-electron chi connectivity index (χ0n) is 9.34. The quantitative estimate of drug-likeness (QED) is 0.739. The highest BCUT2D eigenvalue weighted by molar-refractivity contribution is 5.27. The van der Waals surface area contributed by atoms with E-state index < -0.39 is 5.92 Å². The van der Waals surface area contributed by atoms with Crippen molar-refractivity contribution in [1.29, 1.82) is 5.26 Å². The third kappa shape index (κ3) is 3.30. The maximum atomic E-state index is 13.6. The summed E-state index contributed by atoms with van der Waals surface area (Å²) in [7, 11) is 0. The highest BCUT2D eigenvalue weighted by Gasteiger charge is 2.29. The smallest absolute Gasteiger partial charge is 0.201 e. The Labute approximate surface area is 94.7 Å². The second kappa shape index (κ2) is 5.60. The summed E-state index contributed by atoms with van der Waals surface area (Å²) in [6.45, 7) is 1.74. The van der Waals surface area contributed by atoms with Crippen molar-refractivity contribution < 1.29 is 8.78 Å². The van der Waals surface area contributed by atoms with E-state index in [1.165, 1.54) is 12.1 Å². The van der Waals surface area contributed by atoms with Gasteiger partial charge in [-0.05, 0) is 18.1 Å². The number of halogens is 2. The third-order valence-electron chi connectivity index (χ3n) is 2.44. The van der Waals surface area contributed by atoms with Crippen LogP contribution in [0.3, 0.4) is 0 Å². The van der Waals surface area contributed by atoms with Gasteiger partial charge in [-0.2, -0.15) is 5.26 Å². The van der Waals surface area contributed by atoms with Gasteiger partial charge in [-0.1, -0.05) is 31.5 Å². The SMILES string of the molecule is CCCC(F)(F)c1cccc(CCC#N)c1. The molecule has 1 rings (SSSR count). The predicted octanol–water partition coefficient (Wildman–Crippen LogP) is 4.03. The summed E-state index contributed by atoms with van der Waals surface area (Å²) in [5.74, 6) is -2.75. The lowest BCUT2D eigenvalue weighted by molar-refractivity contribution is -0.0140. The largest absolute Gasteiger partial charge is 0.273 e. The Morgan fingerprint density at radius 2 is 2.12 bits per heavy atom. The molecule has 0 aliphatic heterocycles. The first-order valence-electron chi connectivity index (χ1n) is 5.44. The third-order valence-corrected chi connectivity index (χ3v) is 2.44. The molecule has 0 aromatic heterocycles. The van der Waals surface area contributed by atoms with Gasteiger partial charge >= 0.3 is 0 Å². The van der Waals surface area contributed by atoms with Gasteiger partial charge in [0.2, 0.25) is 0 Å². The van der Waals surface area contributed by atoms with Crippen LogP contribution in [0.25, 0.3) is 0 Å². The lowest BCUT2D eigenvalue weighted by atomic mass is 10.00. The first kappa shape index (κ1) is 12.6. The van der Waals surface area contributed by atoms with Crippen LogP contribution in [0.4, 0.5) is 8.78 Å². The minimum atomic E-state index is -2.75. The highest BCUT2D eigenvalue weighted by Crippen LogP contribution is 2.33. The first-order valence-corrected chi connectivity index (χ1v) is 5.44. The Morgan fingerprint density at radius 3 is 2.75 bits per heavy atom. The first-order chi connectivity index (χ1) is 7.60. The number of alkyl halides is 2. The van der Waals surface area contributed by atoms with Crippen molar-refractivity contribution in [2.24, 2.45) is 0 Å². The van der Waals surface area contributed by atoms with Gasteiger partial charge in [0.05, 0.1) is 6.07 Å². The molecule has 0 fully saturated rings. The molecule has 0 bridgehead atoms. The van der Waals surface area contributed by atoms with Gasteiger partial charge in [-0.3, -0.25) is 0 Å². The fourth-order valence-electron chi connectivity index (χ4n) is 1.61. The Morgan fingerprint density at radius 1 is 1.38 bits per heavy atom. The Kier molecular flexibility index (Phi) is 4.42.